The second kappa shape index (κ2) is 8.48. The lowest BCUT2D eigenvalue weighted by atomic mass is 10.1. The SMILES string of the molecule is CCC(=O)OC#N.c1ccc(-c2ccccc2)cc1. The fourth-order valence-corrected chi connectivity index (χ4v) is 1.38. The molecule has 0 aliphatic heterocycles. The molecule has 0 bridgehead atoms. The largest absolute Gasteiger partial charge is 0.351 e. The Hall–Kier alpha value is -2.60. The summed E-state index contributed by atoms with van der Waals surface area (Å²) in [6.45, 7) is 1.62. The van der Waals surface area contributed by atoms with Crippen LogP contribution in [0.5, 0.6) is 0 Å². The summed E-state index contributed by atoms with van der Waals surface area (Å²) in [6.07, 6.45) is 1.53. The first-order chi connectivity index (χ1) is 9.27. The molecule has 0 radical (unpaired) electrons. The molecule has 0 aliphatic carbocycles. The smallest absolute Gasteiger partial charge is 0.321 e. The van der Waals surface area contributed by atoms with Crippen LogP contribution >= 0.6 is 0 Å². The molecular weight excluding hydrogens is 238 g/mol. The third kappa shape index (κ3) is 5.51. The number of rotatable bonds is 2. The molecule has 0 aromatic heterocycles. The first-order valence-corrected chi connectivity index (χ1v) is 5.97. The maximum atomic E-state index is 9.97. The minimum absolute atomic E-state index is 0.258. The number of carbonyl (C=O) groups excluding carboxylic acids is 1. The number of esters is 1. The molecule has 0 saturated heterocycles. The van der Waals surface area contributed by atoms with Gasteiger partial charge in [-0.15, -0.1) is 5.26 Å². The van der Waals surface area contributed by atoms with Crippen molar-refractivity contribution < 1.29 is 9.53 Å². The molecule has 0 saturated carbocycles. The summed E-state index contributed by atoms with van der Waals surface area (Å²) in [6, 6.07) is 20.8. The van der Waals surface area contributed by atoms with Crippen LogP contribution in [0.3, 0.4) is 0 Å². The number of nitriles is 1. The number of hydrogen-bond acceptors (Lipinski definition) is 3. The third-order valence-corrected chi connectivity index (χ3v) is 2.33. The van der Waals surface area contributed by atoms with E-state index in [9.17, 15) is 4.79 Å². The van der Waals surface area contributed by atoms with Gasteiger partial charge in [-0.1, -0.05) is 67.6 Å². The first-order valence-electron chi connectivity index (χ1n) is 5.97. The minimum atomic E-state index is -0.484. The zero-order valence-electron chi connectivity index (χ0n) is 10.7. The lowest BCUT2D eigenvalue weighted by molar-refractivity contribution is -0.136. The van der Waals surface area contributed by atoms with Crippen molar-refractivity contribution in [1.82, 2.24) is 0 Å². The number of carbonyl (C=O) groups is 1. The van der Waals surface area contributed by atoms with Crippen LogP contribution in [0.25, 0.3) is 11.1 Å². The molecular formula is C16H15NO2. The Kier molecular flexibility index (Phi) is 6.46. The van der Waals surface area contributed by atoms with Crippen LogP contribution in [0.15, 0.2) is 60.7 Å². The summed E-state index contributed by atoms with van der Waals surface area (Å²) in [7, 11) is 0. The lowest BCUT2D eigenvalue weighted by Crippen LogP contribution is -1.94. The lowest BCUT2D eigenvalue weighted by Gasteiger charge is -1.98. The highest BCUT2D eigenvalue weighted by Crippen LogP contribution is 2.17. The average molecular weight is 253 g/mol. The van der Waals surface area contributed by atoms with E-state index >= 15 is 0 Å². The van der Waals surface area contributed by atoms with E-state index in [2.05, 4.69) is 53.3 Å². The van der Waals surface area contributed by atoms with E-state index < -0.39 is 5.97 Å². The molecule has 2 rings (SSSR count). The quantitative estimate of drug-likeness (QED) is 0.604. The molecule has 0 amide bonds. The normalized spacial score (nSPS) is 8.63. The predicted molar refractivity (Wildman–Crippen MR) is 73.9 cm³/mol. The second-order valence-corrected chi connectivity index (χ2v) is 3.65. The molecule has 2 aromatic carbocycles. The van der Waals surface area contributed by atoms with E-state index in [-0.39, 0.29) is 6.42 Å². The zero-order valence-corrected chi connectivity index (χ0v) is 10.7. The van der Waals surface area contributed by atoms with Gasteiger partial charge in [0, 0.05) is 6.42 Å². The van der Waals surface area contributed by atoms with Gasteiger partial charge in [0.2, 0.25) is 0 Å². The second-order valence-electron chi connectivity index (χ2n) is 3.65. The van der Waals surface area contributed by atoms with Gasteiger partial charge in [0.05, 0.1) is 0 Å². The molecule has 3 heteroatoms. The predicted octanol–water partition coefficient (Wildman–Crippen LogP) is 3.77. The van der Waals surface area contributed by atoms with Gasteiger partial charge in [0.15, 0.2) is 0 Å². The Labute approximate surface area is 113 Å². The monoisotopic (exact) mass is 253 g/mol. The molecule has 0 aliphatic rings. The van der Waals surface area contributed by atoms with Crippen molar-refractivity contribution in [1.29, 1.82) is 5.26 Å². The van der Waals surface area contributed by atoms with Crippen molar-refractivity contribution in [2.24, 2.45) is 0 Å². The number of ether oxygens (including phenoxy) is 1. The summed E-state index contributed by atoms with van der Waals surface area (Å²) < 4.78 is 3.86. The number of hydrogen-bond donors (Lipinski definition) is 0. The van der Waals surface area contributed by atoms with Gasteiger partial charge in [0.25, 0.3) is 6.26 Å². The van der Waals surface area contributed by atoms with E-state index in [0.717, 1.165) is 0 Å². The standard InChI is InChI=1S/C12H10.C4H5NO2/c1-3-7-11(8-4-1)12-9-5-2-6-10-12;1-2-4(6)7-3-5/h1-10H;2H2,1H3. The maximum Gasteiger partial charge on any atom is 0.321 e. The Morgan fingerprint density at radius 2 is 1.42 bits per heavy atom. The maximum absolute atomic E-state index is 9.97. The van der Waals surface area contributed by atoms with Gasteiger partial charge in [-0.05, 0) is 11.1 Å². The van der Waals surface area contributed by atoms with Crippen LogP contribution in [0.2, 0.25) is 0 Å². The van der Waals surface area contributed by atoms with Gasteiger partial charge >= 0.3 is 5.97 Å². The summed E-state index contributed by atoms with van der Waals surface area (Å²) in [5, 5.41) is 7.67. The highest BCUT2D eigenvalue weighted by atomic mass is 16.5. The van der Waals surface area contributed by atoms with Gasteiger partial charge in [-0.3, -0.25) is 4.79 Å². The molecule has 0 spiro atoms. The number of nitrogens with zero attached hydrogens (tertiary/aromatic N) is 1. The van der Waals surface area contributed by atoms with Crippen LogP contribution < -0.4 is 0 Å². The Balaban J connectivity index is 0.000000224. The molecule has 96 valence electrons. The Bertz CT molecular complexity index is 492. The van der Waals surface area contributed by atoms with Gasteiger partial charge in [-0.2, -0.15) is 0 Å². The van der Waals surface area contributed by atoms with Crippen molar-refractivity contribution in [2.45, 2.75) is 13.3 Å². The topological polar surface area (TPSA) is 50.1 Å². The van der Waals surface area contributed by atoms with Crippen molar-refractivity contribution in [2.75, 3.05) is 0 Å². The fraction of sp³-hybridized carbons (Fsp3) is 0.125. The molecule has 0 atom stereocenters. The molecule has 2 aromatic rings. The van der Waals surface area contributed by atoms with Gasteiger partial charge in [-0.25, -0.2) is 0 Å². The van der Waals surface area contributed by atoms with Gasteiger partial charge in [0.1, 0.15) is 0 Å². The van der Waals surface area contributed by atoms with E-state index in [4.69, 9.17) is 5.26 Å². The summed E-state index contributed by atoms with van der Waals surface area (Å²) in [5.41, 5.74) is 2.55. The van der Waals surface area contributed by atoms with Crippen LogP contribution in [0, 0.1) is 11.5 Å². The van der Waals surface area contributed by atoms with E-state index in [1.165, 1.54) is 17.4 Å². The van der Waals surface area contributed by atoms with Crippen molar-refractivity contribution in [3.05, 3.63) is 60.7 Å². The van der Waals surface area contributed by atoms with Crippen LogP contribution in [-0.2, 0) is 9.53 Å². The summed E-state index contributed by atoms with van der Waals surface area (Å²) in [5.74, 6) is -0.484. The highest BCUT2D eigenvalue weighted by molar-refractivity contribution is 5.69. The summed E-state index contributed by atoms with van der Waals surface area (Å²) in [4.78, 5) is 9.97. The van der Waals surface area contributed by atoms with E-state index in [1.54, 1.807) is 6.92 Å². The first kappa shape index (κ1) is 14.5. The van der Waals surface area contributed by atoms with E-state index in [0.29, 0.717) is 0 Å². The van der Waals surface area contributed by atoms with Crippen LogP contribution in [0.1, 0.15) is 13.3 Å². The molecule has 0 fully saturated rings. The third-order valence-electron chi connectivity index (χ3n) is 2.33. The highest BCUT2D eigenvalue weighted by Gasteiger charge is 1.92. The average Bonchev–Trinajstić information content (AvgIpc) is 2.50. The molecule has 0 heterocycles. The van der Waals surface area contributed by atoms with Crippen LogP contribution in [-0.4, -0.2) is 5.97 Å². The van der Waals surface area contributed by atoms with Crippen molar-refractivity contribution in [3.63, 3.8) is 0 Å². The van der Waals surface area contributed by atoms with Gasteiger partial charge < -0.3 is 4.74 Å². The fourth-order valence-electron chi connectivity index (χ4n) is 1.38. The summed E-state index contributed by atoms with van der Waals surface area (Å²) >= 11 is 0. The number of benzene rings is 2. The molecule has 0 N–H and O–H groups in total. The Morgan fingerprint density at radius 3 is 1.68 bits per heavy atom. The Morgan fingerprint density at radius 1 is 1.00 bits per heavy atom. The van der Waals surface area contributed by atoms with Crippen molar-refractivity contribution >= 4 is 5.97 Å². The van der Waals surface area contributed by atoms with Crippen LogP contribution in [0.4, 0.5) is 0 Å². The molecule has 3 nitrogen and oxygen atoms in total. The molecule has 19 heavy (non-hydrogen) atoms. The minimum Gasteiger partial charge on any atom is -0.351 e. The zero-order chi connectivity index (χ0) is 13.9. The van der Waals surface area contributed by atoms with E-state index in [1.807, 2.05) is 12.1 Å². The molecule has 0 unspecified atom stereocenters. The van der Waals surface area contributed by atoms with Crippen molar-refractivity contribution in [3.8, 4) is 17.4 Å².